The highest BCUT2D eigenvalue weighted by Gasteiger charge is 2.36. The molecule has 1 amide bonds. The fourth-order valence-corrected chi connectivity index (χ4v) is 4.19. The van der Waals surface area contributed by atoms with Crippen molar-refractivity contribution in [2.45, 2.75) is 12.5 Å². The van der Waals surface area contributed by atoms with E-state index in [0.717, 1.165) is 0 Å². The SMILES string of the molecule is CN(C)N(C(=O)c1ccc([N+](=O)[O-])cc1)C1CCS(=O)(=O)C1. The Morgan fingerprint density at radius 3 is 2.27 bits per heavy atom. The zero-order valence-corrected chi connectivity index (χ0v) is 13.1. The number of rotatable bonds is 4. The first kappa shape index (κ1) is 16.4. The van der Waals surface area contributed by atoms with Gasteiger partial charge in [0.1, 0.15) is 0 Å². The summed E-state index contributed by atoms with van der Waals surface area (Å²) in [5.41, 5.74) is 0.181. The number of nitro groups is 1. The minimum absolute atomic E-state index is 0.0650. The highest BCUT2D eigenvalue weighted by atomic mass is 32.2. The molecule has 1 aliphatic heterocycles. The van der Waals surface area contributed by atoms with Gasteiger partial charge in [0.05, 0.1) is 22.5 Å². The third kappa shape index (κ3) is 3.42. The Morgan fingerprint density at radius 1 is 1.27 bits per heavy atom. The summed E-state index contributed by atoms with van der Waals surface area (Å²) in [6.07, 6.45) is 0.388. The summed E-state index contributed by atoms with van der Waals surface area (Å²) >= 11 is 0. The first-order valence-electron chi connectivity index (χ1n) is 6.67. The van der Waals surface area contributed by atoms with Crippen molar-refractivity contribution >= 4 is 21.4 Å². The van der Waals surface area contributed by atoms with Crippen LogP contribution in [0.5, 0.6) is 0 Å². The quantitative estimate of drug-likeness (QED) is 0.596. The maximum atomic E-state index is 12.6. The summed E-state index contributed by atoms with van der Waals surface area (Å²) in [5, 5.41) is 13.6. The Morgan fingerprint density at radius 2 is 1.86 bits per heavy atom. The second-order valence-corrected chi connectivity index (χ2v) is 7.59. The first-order valence-corrected chi connectivity index (χ1v) is 8.49. The van der Waals surface area contributed by atoms with E-state index in [1.807, 2.05) is 0 Å². The number of nitro benzene ring substituents is 1. The Hall–Kier alpha value is -2.00. The zero-order valence-electron chi connectivity index (χ0n) is 12.3. The molecule has 0 spiro atoms. The monoisotopic (exact) mass is 327 g/mol. The van der Waals surface area contributed by atoms with Gasteiger partial charge in [-0.1, -0.05) is 0 Å². The molecule has 0 saturated carbocycles. The summed E-state index contributed by atoms with van der Waals surface area (Å²) in [5.74, 6) is -0.374. The van der Waals surface area contributed by atoms with Crippen molar-refractivity contribution in [1.29, 1.82) is 0 Å². The molecular weight excluding hydrogens is 310 g/mol. The van der Waals surface area contributed by atoms with Gasteiger partial charge in [-0.25, -0.2) is 13.4 Å². The van der Waals surface area contributed by atoms with E-state index in [-0.39, 0.29) is 28.7 Å². The van der Waals surface area contributed by atoms with Gasteiger partial charge in [-0.15, -0.1) is 0 Å². The number of benzene rings is 1. The third-order valence-electron chi connectivity index (χ3n) is 3.52. The highest BCUT2D eigenvalue weighted by Crippen LogP contribution is 2.21. The van der Waals surface area contributed by atoms with Gasteiger partial charge >= 0.3 is 0 Å². The molecule has 2 rings (SSSR count). The molecule has 22 heavy (non-hydrogen) atoms. The van der Waals surface area contributed by atoms with E-state index < -0.39 is 20.8 Å². The molecule has 0 radical (unpaired) electrons. The minimum atomic E-state index is -3.12. The number of amides is 1. The zero-order chi connectivity index (χ0) is 16.5. The van der Waals surface area contributed by atoms with Crippen molar-refractivity contribution in [3.8, 4) is 0 Å². The molecule has 0 bridgehead atoms. The van der Waals surface area contributed by atoms with Gasteiger partial charge in [-0.3, -0.25) is 19.9 Å². The molecule has 0 N–H and O–H groups in total. The van der Waals surface area contributed by atoms with Crippen LogP contribution in [0.1, 0.15) is 16.8 Å². The summed E-state index contributed by atoms with van der Waals surface area (Å²) < 4.78 is 23.2. The maximum Gasteiger partial charge on any atom is 0.269 e. The average molecular weight is 327 g/mol. The second kappa shape index (κ2) is 6.01. The lowest BCUT2D eigenvalue weighted by Crippen LogP contribution is -2.49. The Balaban J connectivity index is 2.25. The lowest BCUT2D eigenvalue weighted by atomic mass is 10.1. The van der Waals surface area contributed by atoms with E-state index >= 15 is 0 Å². The van der Waals surface area contributed by atoms with Crippen LogP contribution in [0, 0.1) is 10.1 Å². The average Bonchev–Trinajstić information content (AvgIpc) is 2.78. The van der Waals surface area contributed by atoms with Crippen LogP contribution in [0.3, 0.4) is 0 Å². The summed E-state index contributed by atoms with van der Waals surface area (Å²) in [6.45, 7) is 0. The number of hydrazine groups is 1. The molecule has 0 aromatic heterocycles. The highest BCUT2D eigenvalue weighted by molar-refractivity contribution is 7.91. The number of nitrogens with zero attached hydrogens (tertiary/aromatic N) is 3. The van der Waals surface area contributed by atoms with Crippen LogP contribution in [0.4, 0.5) is 5.69 Å². The molecule has 1 aromatic rings. The van der Waals surface area contributed by atoms with E-state index in [2.05, 4.69) is 0 Å². The van der Waals surface area contributed by atoms with Crippen molar-refractivity contribution in [3.05, 3.63) is 39.9 Å². The summed E-state index contributed by atoms with van der Waals surface area (Å²) in [7, 11) is 0.204. The van der Waals surface area contributed by atoms with Gasteiger partial charge < -0.3 is 0 Å². The summed E-state index contributed by atoms with van der Waals surface area (Å²) in [4.78, 5) is 22.7. The normalized spacial score (nSPS) is 20.0. The first-order chi connectivity index (χ1) is 10.2. The molecule has 1 atom stereocenters. The number of sulfone groups is 1. The minimum Gasteiger partial charge on any atom is -0.268 e. The van der Waals surface area contributed by atoms with E-state index in [0.29, 0.717) is 6.42 Å². The van der Waals surface area contributed by atoms with Gasteiger partial charge in [-0.2, -0.15) is 0 Å². The number of non-ortho nitro benzene ring substituents is 1. The fourth-order valence-electron chi connectivity index (χ4n) is 2.50. The Kier molecular flexibility index (Phi) is 4.47. The van der Waals surface area contributed by atoms with Crippen LogP contribution in [-0.4, -0.2) is 60.9 Å². The lowest BCUT2D eigenvalue weighted by molar-refractivity contribution is -0.384. The maximum absolute atomic E-state index is 12.6. The van der Waals surface area contributed by atoms with Crippen molar-refractivity contribution < 1.29 is 18.1 Å². The van der Waals surface area contributed by atoms with Crippen LogP contribution in [0.15, 0.2) is 24.3 Å². The van der Waals surface area contributed by atoms with Crippen molar-refractivity contribution in [2.24, 2.45) is 0 Å². The molecule has 1 saturated heterocycles. The van der Waals surface area contributed by atoms with Gasteiger partial charge in [0, 0.05) is 31.8 Å². The summed E-state index contributed by atoms with van der Waals surface area (Å²) in [6, 6.07) is 4.85. The topological polar surface area (TPSA) is 101 Å². The molecule has 0 aliphatic carbocycles. The smallest absolute Gasteiger partial charge is 0.268 e. The molecule has 1 aliphatic rings. The van der Waals surface area contributed by atoms with E-state index in [4.69, 9.17) is 0 Å². The van der Waals surface area contributed by atoms with Crippen molar-refractivity contribution in [3.63, 3.8) is 0 Å². The van der Waals surface area contributed by atoms with Crippen molar-refractivity contribution in [2.75, 3.05) is 25.6 Å². The largest absolute Gasteiger partial charge is 0.269 e. The van der Waals surface area contributed by atoms with Gasteiger partial charge in [0.2, 0.25) is 0 Å². The van der Waals surface area contributed by atoms with Crippen LogP contribution in [0.25, 0.3) is 0 Å². The second-order valence-electron chi connectivity index (χ2n) is 5.36. The predicted molar refractivity (Wildman–Crippen MR) is 80.0 cm³/mol. The van der Waals surface area contributed by atoms with Gasteiger partial charge in [0.15, 0.2) is 9.84 Å². The third-order valence-corrected chi connectivity index (χ3v) is 5.27. The molecule has 8 nitrogen and oxygen atoms in total. The predicted octanol–water partition coefficient (Wildman–Crippen LogP) is 0.701. The van der Waals surface area contributed by atoms with Gasteiger partial charge in [0.25, 0.3) is 11.6 Å². The van der Waals surface area contributed by atoms with E-state index in [9.17, 15) is 23.3 Å². The number of carbonyl (C=O) groups is 1. The van der Waals surface area contributed by atoms with Crippen LogP contribution in [-0.2, 0) is 9.84 Å². The number of hydrogen-bond acceptors (Lipinski definition) is 6. The molecule has 9 heteroatoms. The molecule has 1 unspecified atom stereocenters. The number of hydrogen-bond donors (Lipinski definition) is 0. The number of carbonyl (C=O) groups excluding carboxylic acids is 1. The lowest BCUT2D eigenvalue weighted by Gasteiger charge is -2.33. The van der Waals surface area contributed by atoms with Crippen LogP contribution >= 0.6 is 0 Å². The molecule has 1 heterocycles. The van der Waals surface area contributed by atoms with E-state index in [1.54, 1.807) is 19.1 Å². The van der Waals surface area contributed by atoms with Crippen LogP contribution < -0.4 is 0 Å². The Labute approximate surface area is 128 Å². The Bertz CT molecular complexity index is 684. The molecule has 120 valence electrons. The standard InChI is InChI=1S/C13H17N3O5S/c1-14(2)15(12-7-8-22(20,21)9-12)13(17)10-3-5-11(6-4-10)16(18)19/h3-6,12H,7-9H2,1-2H3. The molecule has 1 aromatic carbocycles. The van der Waals surface area contributed by atoms with Gasteiger partial charge in [-0.05, 0) is 18.6 Å². The van der Waals surface area contributed by atoms with E-state index in [1.165, 1.54) is 29.3 Å². The fraction of sp³-hybridized carbons (Fsp3) is 0.462. The molecular formula is C13H17N3O5S. The molecule has 1 fully saturated rings. The van der Waals surface area contributed by atoms with Crippen molar-refractivity contribution in [1.82, 2.24) is 10.0 Å². The van der Waals surface area contributed by atoms with Crippen LogP contribution in [0.2, 0.25) is 0 Å².